The van der Waals surface area contributed by atoms with E-state index in [1.54, 1.807) is 0 Å². The van der Waals surface area contributed by atoms with Crippen LogP contribution in [0.4, 0.5) is 0 Å². The van der Waals surface area contributed by atoms with Crippen molar-refractivity contribution in [3.05, 3.63) is 0 Å². The Hall–Kier alpha value is -0.120. The van der Waals surface area contributed by atoms with Crippen LogP contribution in [-0.2, 0) is 4.74 Å². The third kappa shape index (κ3) is 7.02. The predicted molar refractivity (Wildman–Crippen MR) is 73.3 cm³/mol. The van der Waals surface area contributed by atoms with Crippen molar-refractivity contribution in [1.29, 1.82) is 0 Å². The summed E-state index contributed by atoms with van der Waals surface area (Å²) in [5.41, 5.74) is -0.320. The van der Waals surface area contributed by atoms with Crippen molar-refractivity contribution >= 4 is 0 Å². The number of ether oxygens (including phenoxy) is 1. The molecule has 0 aromatic rings. The highest BCUT2D eigenvalue weighted by molar-refractivity contribution is 4.85. The first-order valence-corrected chi connectivity index (χ1v) is 6.82. The van der Waals surface area contributed by atoms with Crippen LogP contribution in [0.25, 0.3) is 0 Å². The molecule has 0 aliphatic heterocycles. The molecular formula is C14H31NO2. The molecule has 104 valence electrons. The average molecular weight is 245 g/mol. The Morgan fingerprint density at radius 1 is 1.24 bits per heavy atom. The van der Waals surface area contributed by atoms with Crippen molar-refractivity contribution in [2.75, 3.05) is 13.2 Å². The van der Waals surface area contributed by atoms with Crippen LogP contribution in [0, 0.1) is 0 Å². The summed E-state index contributed by atoms with van der Waals surface area (Å²) in [6, 6.07) is 0. The van der Waals surface area contributed by atoms with E-state index in [0.717, 1.165) is 25.8 Å². The maximum absolute atomic E-state index is 9.50. The van der Waals surface area contributed by atoms with Gasteiger partial charge < -0.3 is 15.2 Å². The van der Waals surface area contributed by atoms with E-state index in [-0.39, 0.29) is 23.9 Å². The van der Waals surface area contributed by atoms with Gasteiger partial charge in [0.1, 0.15) is 0 Å². The van der Waals surface area contributed by atoms with E-state index in [2.05, 4.69) is 46.9 Å². The van der Waals surface area contributed by atoms with Crippen LogP contribution in [0.3, 0.4) is 0 Å². The van der Waals surface area contributed by atoms with Crippen molar-refractivity contribution in [2.45, 2.75) is 78.0 Å². The van der Waals surface area contributed by atoms with E-state index in [1.807, 2.05) is 0 Å². The molecule has 0 aromatic carbocycles. The first-order valence-electron chi connectivity index (χ1n) is 6.82. The molecule has 0 heterocycles. The molecule has 0 aliphatic rings. The van der Waals surface area contributed by atoms with Crippen LogP contribution >= 0.6 is 0 Å². The van der Waals surface area contributed by atoms with Crippen LogP contribution in [-0.4, -0.2) is 35.5 Å². The van der Waals surface area contributed by atoms with Gasteiger partial charge in [0.15, 0.2) is 0 Å². The van der Waals surface area contributed by atoms with Crippen LogP contribution in [0.5, 0.6) is 0 Å². The summed E-state index contributed by atoms with van der Waals surface area (Å²) in [5.74, 6) is 0. The van der Waals surface area contributed by atoms with Crippen molar-refractivity contribution in [3.63, 3.8) is 0 Å². The zero-order valence-electron chi connectivity index (χ0n) is 12.5. The highest BCUT2D eigenvalue weighted by Gasteiger charge is 2.28. The molecule has 0 bridgehead atoms. The van der Waals surface area contributed by atoms with Gasteiger partial charge in [0, 0.05) is 5.54 Å². The zero-order valence-corrected chi connectivity index (χ0v) is 12.5. The molecule has 0 aliphatic carbocycles. The van der Waals surface area contributed by atoms with Gasteiger partial charge in [-0.15, -0.1) is 0 Å². The van der Waals surface area contributed by atoms with Crippen LogP contribution in [0.15, 0.2) is 0 Å². The molecular weight excluding hydrogens is 214 g/mol. The van der Waals surface area contributed by atoms with Crippen molar-refractivity contribution < 1.29 is 9.84 Å². The lowest BCUT2D eigenvalue weighted by molar-refractivity contribution is -0.0793. The van der Waals surface area contributed by atoms with Crippen molar-refractivity contribution in [1.82, 2.24) is 5.32 Å². The topological polar surface area (TPSA) is 41.5 Å². The summed E-state index contributed by atoms with van der Waals surface area (Å²) in [7, 11) is 0. The molecule has 0 saturated carbocycles. The average Bonchev–Trinajstić information content (AvgIpc) is 2.25. The Bertz CT molecular complexity index is 206. The minimum absolute atomic E-state index is 0.0828. The van der Waals surface area contributed by atoms with E-state index in [1.165, 1.54) is 0 Å². The first-order chi connectivity index (χ1) is 7.78. The van der Waals surface area contributed by atoms with Crippen LogP contribution in [0.2, 0.25) is 0 Å². The molecule has 0 rings (SSSR count). The summed E-state index contributed by atoms with van der Waals surface area (Å²) >= 11 is 0. The van der Waals surface area contributed by atoms with Crippen LogP contribution in [0.1, 0.15) is 60.8 Å². The Morgan fingerprint density at radius 2 is 1.82 bits per heavy atom. The molecule has 2 N–H and O–H groups in total. The number of hydrogen-bond acceptors (Lipinski definition) is 3. The third-order valence-electron chi connectivity index (χ3n) is 3.26. The number of hydrogen-bond donors (Lipinski definition) is 2. The second kappa shape index (κ2) is 7.34. The smallest absolute Gasteiger partial charge is 0.0627 e. The van der Waals surface area contributed by atoms with E-state index >= 15 is 0 Å². The lowest BCUT2D eigenvalue weighted by Gasteiger charge is -2.35. The molecule has 2 unspecified atom stereocenters. The van der Waals surface area contributed by atoms with Gasteiger partial charge in [0.05, 0.1) is 18.3 Å². The quantitative estimate of drug-likeness (QED) is 0.656. The van der Waals surface area contributed by atoms with E-state index in [9.17, 15) is 5.11 Å². The Balaban J connectivity index is 4.27. The normalized spacial score (nSPS) is 17.8. The van der Waals surface area contributed by atoms with Gasteiger partial charge in [-0.1, -0.05) is 13.8 Å². The number of aliphatic hydroxyl groups excluding tert-OH is 1. The van der Waals surface area contributed by atoms with Gasteiger partial charge >= 0.3 is 0 Å². The molecule has 0 radical (unpaired) electrons. The van der Waals surface area contributed by atoms with Gasteiger partial charge in [-0.3, -0.25) is 0 Å². The second-order valence-corrected chi connectivity index (χ2v) is 5.89. The minimum atomic E-state index is -0.237. The zero-order chi connectivity index (χ0) is 13.5. The number of aliphatic hydroxyl groups is 1. The van der Waals surface area contributed by atoms with Gasteiger partial charge in [0.2, 0.25) is 0 Å². The summed E-state index contributed by atoms with van der Waals surface area (Å²) in [6.45, 7) is 13.7. The summed E-state index contributed by atoms with van der Waals surface area (Å²) in [4.78, 5) is 0. The molecule has 0 spiro atoms. The third-order valence-corrected chi connectivity index (χ3v) is 3.26. The Kier molecular flexibility index (Phi) is 7.29. The van der Waals surface area contributed by atoms with E-state index in [0.29, 0.717) is 0 Å². The number of nitrogens with one attached hydrogen (secondary N) is 1. The van der Waals surface area contributed by atoms with Crippen molar-refractivity contribution in [3.8, 4) is 0 Å². The fourth-order valence-electron chi connectivity index (χ4n) is 1.92. The minimum Gasteiger partial charge on any atom is -0.394 e. The first kappa shape index (κ1) is 16.9. The predicted octanol–water partition coefficient (Wildman–Crippen LogP) is 2.72. The fourth-order valence-corrected chi connectivity index (χ4v) is 1.92. The van der Waals surface area contributed by atoms with Gasteiger partial charge in [-0.2, -0.15) is 0 Å². The largest absolute Gasteiger partial charge is 0.394 e. The maximum atomic E-state index is 9.50. The monoisotopic (exact) mass is 245 g/mol. The molecule has 3 heteroatoms. The van der Waals surface area contributed by atoms with E-state index < -0.39 is 0 Å². The highest BCUT2D eigenvalue weighted by Crippen LogP contribution is 2.21. The van der Waals surface area contributed by atoms with Gasteiger partial charge in [-0.25, -0.2) is 0 Å². The fraction of sp³-hybridized carbons (Fsp3) is 1.00. The number of rotatable bonds is 9. The SMILES string of the molecule is CCCNC(C)(CO)CC(C)OC(C)(C)CC. The highest BCUT2D eigenvalue weighted by atomic mass is 16.5. The maximum Gasteiger partial charge on any atom is 0.0627 e. The van der Waals surface area contributed by atoms with Gasteiger partial charge in [0.25, 0.3) is 0 Å². The Morgan fingerprint density at radius 3 is 2.24 bits per heavy atom. The molecule has 0 aromatic heterocycles. The molecule has 17 heavy (non-hydrogen) atoms. The summed E-state index contributed by atoms with van der Waals surface area (Å²) in [5, 5.41) is 12.9. The summed E-state index contributed by atoms with van der Waals surface area (Å²) in [6.07, 6.45) is 3.04. The summed E-state index contributed by atoms with van der Waals surface area (Å²) < 4.78 is 6.01. The molecule has 0 fully saturated rings. The second-order valence-electron chi connectivity index (χ2n) is 5.89. The van der Waals surface area contributed by atoms with E-state index in [4.69, 9.17) is 4.74 Å². The standard InChI is InChI=1S/C14H31NO2/c1-7-9-15-14(6,11-16)10-12(3)17-13(4,5)8-2/h12,15-16H,7-11H2,1-6H3. The van der Waals surface area contributed by atoms with Gasteiger partial charge in [-0.05, 0) is 53.5 Å². The molecule has 0 amide bonds. The Labute approximate surface area is 107 Å². The lowest BCUT2D eigenvalue weighted by Crippen LogP contribution is -2.49. The van der Waals surface area contributed by atoms with Crippen LogP contribution < -0.4 is 5.32 Å². The molecule has 0 saturated heterocycles. The molecule has 3 nitrogen and oxygen atoms in total. The van der Waals surface area contributed by atoms with Crippen molar-refractivity contribution in [2.24, 2.45) is 0 Å². The lowest BCUT2D eigenvalue weighted by atomic mass is 9.95. The molecule has 2 atom stereocenters.